The van der Waals surface area contributed by atoms with Gasteiger partial charge in [0.05, 0.1) is 0 Å². The van der Waals surface area contributed by atoms with Gasteiger partial charge in [-0.05, 0) is 18.7 Å². The van der Waals surface area contributed by atoms with Gasteiger partial charge in [0, 0.05) is 13.6 Å². The van der Waals surface area contributed by atoms with Gasteiger partial charge in [0.25, 0.3) is 0 Å². The van der Waals surface area contributed by atoms with E-state index < -0.39 is 0 Å². The van der Waals surface area contributed by atoms with Crippen LogP contribution in [0.25, 0.3) is 0 Å². The Morgan fingerprint density at radius 3 is 2.29 bits per heavy atom. The van der Waals surface area contributed by atoms with E-state index in [1.54, 1.807) is 6.20 Å². The molecule has 0 N–H and O–H groups in total. The average molecular weight is 193 g/mol. The van der Waals surface area contributed by atoms with Gasteiger partial charge in [-0.15, -0.1) is 0 Å². The highest BCUT2D eigenvalue weighted by Crippen LogP contribution is 1.96. The highest BCUT2D eigenvalue weighted by atomic mass is 15.1. The largest absolute Gasteiger partial charge is 0.377 e. The minimum atomic E-state index is 0.831. The Labute approximate surface area is 89.1 Å². The van der Waals surface area contributed by atoms with Crippen LogP contribution in [-0.4, -0.2) is 18.5 Å². The molecule has 0 aromatic carbocycles. The summed E-state index contributed by atoms with van der Waals surface area (Å²) in [6.45, 7) is 14.4. The molecule has 0 atom stereocenters. The summed E-state index contributed by atoms with van der Waals surface area (Å²) in [6.07, 6.45) is 9.74. The van der Waals surface area contributed by atoms with Gasteiger partial charge in [-0.25, -0.2) is 0 Å². The zero-order valence-electron chi connectivity index (χ0n) is 9.96. The van der Waals surface area contributed by atoms with E-state index in [2.05, 4.69) is 13.2 Å². The van der Waals surface area contributed by atoms with Crippen molar-refractivity contribution in [2.24, 2.45) is 0 Å². The quantitative estimate of drug-likeness (QED) is 0.601. The van der Waals surface area contributed by atoms with Crippen LogP contribution < -0.4 is 0 Å². The third kappa shape index (κ3) is 10.8. The fourth-order valence-electron chi connectivity index (χ4n) is 0.740. The molecule has 0 amide bonds. The lowest BCUT2D eigenvalue weighted by Crippen LogP contribution is -2.12. The number of hydrogen-bond donors (Lipinski definition) is 0. The Bertz CT molecular complexity index is 199. The lowest BCUT2D eigenvalue weighted by molar-refractivity contribution is 0.503. The van der Waals surface area contributed by atoms with Crippen molar-refractivity contribution in [2.75, 3.05) is 13.6 Å². The molecule has 0 spiro atoms. The first-order chi connectivity index (χ1) is 6.70. The topological polar surface area (TPSA) is 3.24 Å². The monoisotopic (exact) mass is 193 g/mol. The van der Waals surface area contributed by atoms with E-state index in [0.717, 1.165) is 12.1 Å². The number of rotatable bonds is 5. The zero-order valence-corrected chi connectivity index (χ0v) is 9.96. The summed E-state index contributed by atoms with van der Waals surface area (Å²) in [7, 11) is 1.97. The van der Waals surface area contributed by atoms with E-state index in [4.69, 9.17) is 0 Å². The molecule has 0 aromatic heterocycles. The highest BCUT2D eigenvalue weighted by Gasteiger charge is 1.90. The van der Waals surface area contributed by atoms with Gasteiger partial charge < -0.3 is 4.90 Å². The van der Waals surface area contributed by atoms with Crippen LogP contribution in [0.5, 0.6) is 0 Å². The van der Waals surface area contributed by atoms with E-state index >= 15 is 0 Å². The summed E-state index contributed by atoms with van der Waals surface area (Å²) < 4.78 is 0. The van der Waals surface area contributed by atoms with Crippen LogP contribution in [0, 0.1) is 0 Å². The third-order valence-corrected chi connectivity index (χ3v) is 1.40. The van der Waals surface area contributed by atoms with Crippen molar-refractivity contribution in [3.05, 3.63) is 49.2 Å². The molecular weight excluding hydrogens is 170 g/mol. The SMILES string of the molecule is C=CN(C)CC(=C)/C=C\C=C/C.CC. The molecule has 0 aromatic rings. The molecule has 14 heavy (non-hydrogen) atoms. The molecule has 0 heterocycles. The molecule has 1 heteroatoms. The molecule has 0 bridgehead atoms. The first-order valence-electron chi connectivity index (χ1n) is 5.00. The summed E-state index contributed by atoms with van der Waals surface area (Å²) in [5.74, 6) is 0. The summed E-state index contributed by atoms with van der Waals surface area (Å²) in [6, 6.07) is 0. The molecule has 0 aliphatic heterocycles. The second-order valence-corrected chi connectivity index (χ2v) is 2.64. The highest BCUT2D eigenvalue weighted by molar-refractivity contribution is 5.20. The van der Waals surface area contributed by atoms with Crippen LogP contribution in [0.15, 0.2) is 49.2 Å². The molecule has 0 aliphatic carbocycles. The third-order valence-electron chi connectivity index (χ3n) is 1.40. The standard InChI is InChI=1S/C11H17N.C2H6/c1-5-7-8-9-11(3)10-12(4)6-2;1-2/h5-9H,2-3,10H2,1,4H3;1-2H3/b7-5-,9-8-;. The molecule has 1 nitrogen and oxygen atoms in total. The number of nitrogens with zero attached hydrogens (tertiary/aromatic N) is 1. The molecule has 0 unspecified atom stereocenters. The Kier molecular flexibility index (Phi) is 12.8. The second kappa shape index (κ2) is 11.8. The van der Waals surface area contributed by atoms with Crippen molar-refractivity contribution < 1.29 is 0 Å². The van der Waals surface area contributed by atoms with E-state index in [0.29, 0.717) is 0 Å². The first-order valence-corrected chi connectivity index (χ1v) is 5.00. The molecule has 0 aliphatic rings. The minimum Gasteiger partial charge on any atom is -0.377 e. The fraction of sp³-hybridized carbons (Fsp3) is 0.385. The molecule has 0 saturated heterocycles. The van der Waals surface area contributed by atoms with Crippen molar-refractivity contribution in [3.63, 3.8) is 0 Å². The van der Waals surface area contributed by atoms with Crippen LogP contribution in [0.3, 0.4) is 0 Å². The lowest BCUT2D eigenvalue weighted by Gasteiger charge is -2.12. The molecule has 0 rings (SSSR count). The van der Waals surface area contributed by atoms with Gasteiger partial charge in [0.1, 0.15) is 0 Å². The van der Waals surface area contributed by atoms with Crippen molar-refractivity contribution in [1.29, 1.82) is 0 Å². The lowest BCUT2D eigenvalue weighted by atomic mass is 10.2. The smallest absolute Gasteiger partial charge is 0.0414 e. The summed E-state index contributed by atoms with van der Waals surface area (Å²) in [5, 5.41) is 0. The van der Waals surface area contributed by atoms with Gasteiger partial charge in [-0.1, -0.05) is 51.3 Å². The predicted molar refractivity (Wildman–Crippen MR) is 67.3 cm³/mol. The minimum absolute atomic E-state index is 0.831. The van der Waals surface area contributed by atoms with Gasteiger partial charge in [0.15, 0.2) is 0 Å². The van der Waals surface area contributed by atoms with E-state index in [1.807, 2.05) is 57.0 Å². The Morgan fingerprint density at radius 1 is 1.29 bits per heavy atom. The zero-order chi connectivity index (χ0) is 11.4. The summed E-state index contributed by atoms with van der Waals surface area (Å²) in [4.78, 5) is 1.99. The van der Waals surface area contributed by atoms with Crippen molar-refractivity contribution >= 4 is 0 Å². The van der Waals surface area contributed by atoms with Crippen LogP contribution in [0.4, 0.5) is 0 Å². The van der Waals surface area contributed by atoms with Crippen LogP contribution >= 0.6 is 0 Å². The molecule has 0 saturated carbocycles. The van der Waals surface area contributed by atoms with Crippen molar-refractivity contribution in [3.8, 4) is 0 Å². The molecular formula is C13H23N. The number of hydrogen-bond acceptors (Lipinski definition) is 1. The van der Waals surface area contributed by atoms with E-state index in [1.165, 1.54) is 0 Å². The summed E-state index contributed by atoms with van der Waals surface area (Å²) >= 11 is 0. The predicted octanol–water partition coefficient (Wildman–Crippen LogP) is 3.78. The van der Waals surface area contributed by atoms with Crippen LogP contribution in [-0.2, 0) is 0 Å². The second-order valence-electron chi connectivity index (χ2n) is 2.64. The normalized spacial score (nSPS) is 9.71. The van der Waals surface area contributed by atoms with Crippen molar-refractivity contribution in [1.82, 2.24) is 4.90 Å². The van der Waals surface area contributed by atoms with Crippen LogP contribution in [0.1, 0.15) is 20.8 Å². The van der Waals surface area contributed by atoms with Gasteiger partial charge in [-0.3, -0.25) is 0 Å². The van der Waals surface area contributed by atoms with E-state index in [-0.39, 0.29) is 0 Å². The fourth-order valence-corrected chi connectivity index (χ4v) is 0.740. The van der Waals surface area contributed by atoms with Crippen molar-refractivity contribution in [2.45, 2.75) is 20.8 Å². The Hall–Kier alpha value is -1.24. The Morgan fingerprint density at radius 2 is 1.86 bits per heavy atom. The first kappa shape index (κ1) is 15.2. The maximum atomic E-state index is 3.90. The average Bonchev–Trinajstić information content (AvgIpc) is 2.21. The molecule has 0 fully saturated rings. The maximum absolute atomic E-state index is 3.90. The summed E-state index contributed by atoms with van der Waals surface area (Å²) in [5.41, 5.74) is 1.08. The molecule has 0 radical (unpaired) electrons. The Balaban J connectivity index is 0. The maximum Gasteiger partial charge on any atom is 0.0414 e. The van der Waals surface area contributed by atoms with Gasteiger partial charge in [-0.2, -0.15) is 0 Å². The van der Waals surface area contributed by atoms with Gasteiger partial charge in [0.2, 0.25) is 0 Å². The van der Waals surface area contributed by atoms with Crippen LogP contribution in [0.2, 0.25) is 0 Å². The van der Waals surface area contributed by atoms with E-state index in [9.17, 15) is 0 Å². The molecule has 80 valence electrons. The number of likely N-dealkylation sites (N-methyl/N-ethyl adjacent to an activating group) is 1. The van der Waals surface area contributed by atoms with Gasteiger partial charge >= 0.3 is 0 Å². The number of allylic oxidation sites excluding steroid dienone is 3.